The molecule has 4 amide bonds. The maximum atomic E-state index is 13.5. The molecule has 9 nitrogen and oxygen atoms in total. The Morgan fingerprint density at radius 1 is 1.29 bits per heavy atom. The third-order valence-corrected chi connectivity index (χ3v) is 7.99. The van der Waals surface area contributed by atoms with Crippen LogP contribution in [0, 0.1) is 22.7 Å². The number of carbonyl (C=O) groups excluding carboxylic acids is 4. The van der Waals surface area contributed by atoms with Gasteiger partial charge in [0.05, 0.1) is 6.04 Å². The van der Waals surface area contributed by atoms with E-state index >= 15 is 0 Å². The van der Waals surface area contributed by atoms with Crippen molar-refractivity contribution in [1.82, 2.24) is 15.5 Å². The Kier molecular flexibility index (Phi) is 5.31. The second-order valence-corrected chi connectivity index (χ2v) is 11.1. The number of fused-ring (bicyclic) bond motifs is 3. The highest BCUT2D eigenvalue weighted by Crippen LogP contribution is 2.67. The highest BCUT2D eigenvalue weighted by atomic mass is 16.2. The van der Waals surface area contributed by atoms with Crippen LogP contribution in [0.4, 0.5) is 0 Å². The fraction of sp³-hybridized carbons (Fsp3) is 0.818. The molecule has 2 aliphatic carbocycles. The summed E-state index contributed by atoms with van der Waals surface area (Å²) in [4.78, 5) is 52.5. The summed E-state index contributed by atoms with van der Waals surface area (Å²) >= 11 is 0. The molecular formula is C22H35N5O4. The number of carbonyl (C=O) groups is 4. The van der Waals surface area contributed by atoms with Gasteiger partial charge in [-0.3, -0.25) is 19.2 Å². The first kappa shape index (κ1) is 22.0. The second kappa shape index (κ2) is 7.46. The molecule has 2 aliphatic heterocycles. The Bertz CT molecular complexity index is 802. The Morgan fingerprint density at radius 3 is 2.48 bits per heavy atom. The van der Waals surface area contributed by atoms with Crippen LogP contribution in [0.3, 0.4) is 0 Å². The van der Waals surface area contributed by atoms with E-state index in [-0.39, 0.29) is 47.4 Å². The Morgan fingerprint density at radius 2 is 1.97 bits per heavy atom. The monoisotopic (exact) mass is 433 g/mol. The standard InChI is InChI=1S/C22H35N5O4/c1-21(2,3)16(23)20(31)27-12-9-13(22(10-12)5-6-22)15(27)19(30)26-14(17(24)28)8-11-4-7-25-18(11)29/h11-16H,4-10,23H2,1-3H3,(H2,24,28)(H,25,29)(H,26,30)/t11-,12-,13-,14-,15-,16+/m0/s1. The van der Waals surface area contributed by atoms with Crippen molar-refractivity contribution in [2.45, 2.75) is 83.5 Å². The molecule has 4 aliphatic rings. The number of amides is 4. The molecule has 2 heterocycles. The molecule has 4 rings (SSSR count). The van der Waals surface area contributed by atoms with Crippen molar-refractivity contribution in [3.8, 4) is 0 Å². The van der Waals surface area contributed by atoms with Gasteiger partial charge >= 0.3 is 0 Å². The van der Waals surface area contributed by atoms with Gasteiger partial charge in [0, 0.05) is 18.5 Å². The summed E-state index contributed by atoms with van der Waals surface area (Å²) in [6.45, 7) is 6.30. The lowest BCUT2D eigenvalue weighted by atomic mass is 9.82. The van der Waals surface area contributed by atoms with Crippen LogP contribution in [0.2, 0.25) is 0 Å². The quantitative estimate of drug-likeness (QED) is 0.451. The van der Waals surface area contributed by atoms with Gasteiger partial charge in [0.1, 0.15) is 12.1 Å². The average Bonchev–Trinajstić information content (AvgIpc) is 3.00. The lowest BCUT2D eigenvalue weighted by Gasteiger charge is -2.41. The fourth-order valence-corrected chi connectivity index (χ4v) is 5.89. The number of piperidine rings is 1. The van der Waals surface area contributed by atoms with Crippen molar-refractivity contribution in [3.05, 3.63) is 0 Å². The predicted octanol–water partition coefficient (Wildman–Crippen LogP) is -0.374. The SMILES string of the molecule is CC(C)(C)[C@H](N)C(=O)N1[C@H]2C[C@@H]([C@H]1C(=O)N[C@@H](C[C@@H]1CCNC1=O)C(N)=O)C1(CC1)C2. The summed E-state index contributed by atoms with van der Waals surface area (Å²) < 4.78 is 0. The van der Waals surface area contributed by atoms with Crippen LogP contribution < -0.4 is 22.1 Å². The summed E-state index contributed by atoms with van der Waals surface area (Å²) in [5.41, 5.74) is 11.6. The lowest BCUT2D eigenvalue weighted by Crippen LogP contribution is -2.62. The van der Waals surface area contributed by atoms with E-state index in [1.165, 1.54) is 0 Å². The van der Waals surface area contributed by atoms with Gasteiger partial charge in [-0.15, -0.1) is 0 Å². The zero-order valence-corrected chi connectivity index (χ0v) is 18.6. The van der Waals surface area contributed by atoms with E-state index < -0.39 is 29.4 Å². The summed E-state index contributed by atoms with van der Waals surface area (Å²) in [5.74, 6) is -1.61. The summed E-state index contributed by atoms with van der Waals surface area (Å²) in [6, 6.07) is -2.28. The molecule has 0 aromatic heterocycles. The second-order valence-electron chi connectivity index (χ2n) is 11.1. The van der Waals surface area contributed by atoms with Gasteiger partial charge in [-0.2, -0.15) is 0 Å². The van der Waals surface area contributed by atoms with E-state index in [0.29, 0.717) is 13.0 Å². The molecule has 6 N–H and O–H groups in total. The summed E-state index contributed by atoms with van der Waals surface area (Å²) in [6.07, 6.45) is 4.66. The van der Waals surface area contributed by atoms with E-state index in [2.05, 4.69) is 10.6 Å². The van der Waals surface area contributed by atoms with Gasteiger partial charge < -0.3 is 27.0 Å². The van der Waals surface area contributed by atoms with Crippen LogP contribution in [0.1, 0.15) is 59.3 Å². The largest absolute Gasteiger partial charge is 0.368 e. The molecule has 2 saturated carbocycles. The highest BCUT2D eigenvalue weighted by Gasteiger charge is 2.67. The molecule has 0 aromatic carbocycles. The van der Waals surface area contributed by atoms with Crippen molar-refractivity contribution in [1.29, 1.82) is 0 Å². The van der Waals surface area contributed by atoms with Crippen molar-refractivity contribution in [3.63, 3.8) is 0 Å². The van der Waals surface area contributed by atoms with E-state index in [1.807, 2.05) is 20.8 Å². The van der Waals surface area contributed by atoms with Crippen molar-refractivity contribution in [2.75, 3.05) is 6.54 Å². The van der Waals surface area contributed by atoms with Crippen LogP contribution in [0.25, 0.3) is 0 Å². The zero-order chi connectivity index (χ0) is 22.7. The molecule has 0 radical (unpaired) electrons. The molecule has 31 heavy (non-hydrogen) atoms. The normalized spacial score (nSPS) is 32.6. The molecule has 1 spiro atoms. The minimum atomic E-state index is -0.941. The van der Waals surface area contributed by atoms with Gasteiger partial charge in [0.2, 0.25) is 23.6 Å². The number of hydrogen-bond acceptors (Lipinski definition) is 5. The van der Waals surface area contributed by atoms with E-state index in [9.17, 15) is 19.2 Å². The van der Waals surface area contributed by atoms with E-state index in [4.69, 9.17) is 11.5 Å². The van der Waals surface area contributed by atoms with E-state index in [1.54, 1.807) is 4.90 Å². The first-order valence-corrected chi connectivity index (χ1v) is 11.4. The summed E-state index contributed by atoms with van der Waals surface area (Å²) in [5, 5.41) is 5.53. The number of nitrogens with two attached hydrogens (primary N) is 2. The molecule has 6 atom stereocenters. The minimum Gasteiger partial charge on any atom is -0.368 e. The van der Waals surface area contributed by atoms with Gasteiger partial charge in [-0.25, -0.2) is 0 Å². The topological polar surface area (TPSA) is 148 Å². The Hall–Kier alpha value is -2.16. The van der Waals surface area contributed by atoms with Crippen molar-refractivity contribution >= 4 is 23.6 Å². The highest BCUT2D eigenvalue weighted by molar-refractivity contribution is 5.94. The van der Waals surface area contributed by atoms with E-state index in [0.717, 1.165) is 25.7 Å². The zero-order valence-electron chi connectivity index (χ0n) is 18.6. The molecule has 0 aromatic rings. The molecule has 2 bridgehead atoms. The third-order valence-electron chi connectivity index (χ3n) is 7.99. The lowest BCUT2D eigenvalue weighted by molar-refractivity contribution is -0.147. The van der Waals surface area contributed by atoms with Crippen molar-refractivity contribution in [2.24, 2.45) is 34.1 Å². The van der Waals surface area contributed by atoms with Crippen LogP contribution in [-0.2, 0) is 19.2 Å². The molecule has 172 valence electrons. The first-order chi connectivity index (χ1) is 14.4. The fourth-order valence-electron chi connectivity index (χ4n) is 5.89. The smallest absolute Gasteiger partial charge is 0.243 e. The maximum Gasteiger partial charge on any atom is 0.243 e. The molecular weight excluding hydrogens is 398 g/mol. The van der Waals surface area contributed by atoms with Gasteiger partial charge in [0.15, 0.2) is 0 Å². The third kappa shape index (κ3) is 3.81. The van der Waals surface area contributed by atoms with Crippen LogP contribution in [0.5, 0.6) is 0 Å². The van der Waals surface area contributed by atoms with Gasteiger partial charge in [0.25, 0.3) is 0 Å². The molecule has 4 fully saturated rings. The predicted molar refractivity (Wildman–Crippen MR) is 113 cm³/mol. The minimum absolute atomic E-state index is 0.0109. The van der Waals surface area contributed by atoms with Gasteiger partial charge in [-0.05, 0) is 55.3 Å². The summed E-state index contributed by atoms with van der Waals surface area (Å²) in [7, 11) is 0. The molecule has 9 heteroatoms. The number of rotatable bonds is 6. The molecule has 2 saturated heterocycles. The number of hydrogen-bond donors (Lipinski definition) is 4. The Balaban J connectivity index is 1.54. The van der Waals surface area contributed by atoms with Crippen LogP contribution in [0.15, 0.2) is 0 Å². The number of likely N-dealkylation sites (tertiary alicyclic amines) is 1. The first-order valence-electron chi connectivity index (χ1n) is 11.4. The van der Waals surface area contributed by atoms with Crippen molar-refractivity contribution < 1.29 is 19.2 Å². The Labute approximate surface area is 183 Å². The average molecular weight is 434 g/mol. The van der Waals surface area contributed by atoms with Gasteiger partial charge in [-0.1, -0.05) is 20.8 Å². The number of nitrogens with one attached hydrogen (secondary N) is 2. The maximum absolute atomic E-state index is 13.5. The molecule has 0 unspecified atom stereocenters. The number of nitrogens with zero attached hydrogens (tertiary/aromatic N) is 1. The number of primary amides is 1. The van der Waals surface area contributed by atoms with Crippen LogP contribution >= 0.6 is 0 Å². The van der Waals surface area contributed by atoms with Crippen LogP contribution in [-0.4, -0.2) is 59.2 Å².